The van der Waals surface area contributed by atoms with Crippen molar-refractivity contribution >= 4 is 35.9 Å². The number of nitrogens with one attached hydrogen (secondary N) is 1. The van der Waals surface area contributed by atoms with Crippen molar-refractivity contribution in [2.75, 3.05) is 126 Å². The Morgan fingerprint density at radius 1 is 0.474 bits per heavy atom. The number of benzene rings is 3. The molecule has 5 saturated heterocycles. The second kappa shape index (κ2) is 34.2. The smallest absolute Gasteiger partial charge is 0.413 e. The number of aliphatic hydroxyl groups is 1. The number of aldehydes is 1. The minimum atomic E-state index is -0.798. The van der Waals surface area contributed by atoms with E-state index in [1.807, 2.05) is 34.6 Å². The standard InChI is InChI=1S/C34H50N4O3.C26H38N4O.C23H31N3.C11H19NO4/c1-31(2,3)41-30(39)38-25(23-40-34(38,8)9)22-36-17-19-37(20-18-36)29-12-10-11-28(35-29)24-13-14-26-27(21-24)33(6,7)16-15-32(26,4)5;1-25(2)10-11-26(3,4)22-16-19(8-9-21(22)25)23-6-5-7-24(28-23)30-14-12-29(13-15-30)17-20(27)18-31;1-22(2)10-11-23(3,4)19-16-17(8-9-18(19)22)20-6-5-7-21(25-20)26-14-12-24-13-15-26;1-10(2,3)16-9(14)12-8(6-13)7-15-11(12,4)5/h10-14,21,25H,15-20,22-23H2,1-9H3;5-9,16,20,31H,10-15,17-18,27H2,1-4H3;5-9,16,24H,10-15H2,1-4H3;6,8H,7H2,1-5H3/t25-;20-;;8-/m11.1/s1. The average Bonchev–Trinajstić information content (AvgIpc) is 1.14. The second-order valence-corrected chi connectivity index (χ2v) is 40.1. The van der Waals surface area contributed by atoms with Gasteiger partial charge in [0, 0.05) is 114 Å². The highest BCUT2D eigenvalue weighted by molar-refractivity contribution is 5.75. The lowest BCUT2D eigenvalue weighted by Crippen LogP contribution is -2.55. The molecule has 8 aliphatic rings. The SMILES string of the molecule is CC(C)(C)OC(=O)N1[C@H](C=O)COC1(C)C.CC(C)(C)OC(=O)N1[C@H](CN2CCN(c3cccc(-c4ccc5c(c4)C(C)(C)CCC5(C)C)n3)CC2)COC1(C)C.CC1(C)CCC(C)(C)c2cc(-c3cccc(N4CCN(C[C@@H](N)CO)CC4)n3)ccc21.CC1(C)CCC(C)(C)c2cc(-c3cccc(N4CCNCC4)n3)ccc21. The van der Waals surface area contributed by atoms with Gasteiger partial charge in [-0.05, 0) is 228 Å². The summed E-state index contributed by atoms with van der Waals surface area (Å²) in [5.74, 6) is 3.17. The van der Waals surface area contributed by atoms with Gasteiger partial charge in [-0.25, -0.2) is 24.5 Å². The van der Waals surface area contributed by atoms with Crippen LogP contribution in [0.2, 0.25) is 0 Å². The lowest BCUT2D eigenvalue weighted by atomic mass is 9.63. The predicted molar refractivity (Wildman–Crippen MR) is 462 cm³/mol. The summed E-state index contributed by atoms with van der Waals surface area (Å²) in [6, 6.07) is 39.4. The van der Waals surface area contributed by atoms with Crippen LogP contribution in [0.1, 0.15) is 224 Å². The largest absolute Gasteiger partial charge is 0.444 e. The monoisotopic (exact) mass is 1560 g/mol. The van der Waals surface area contributed by atoms with Crippen molar-refractivity contribution in [3.63, 3.8) is 0 Å². The van der Waals surface area contributed by atoms with E-state index < -0.39 is 34.8 Å². The molecule has 3 atom stereocenters. The second-order valence-electron chi connectivity index (χ2n) is 40.1. The number of anilines is 3. The van der Waals surface area contributed by atoms with E-state index in [0.717, 1.165) is 126 Å². The maximum atomic E-state index is 13.0. The van der Waals surface area contributed by atoms with E-state index in [2.05, 4.69) is 222 Å². The van der Waals surface area contributed by atoms with E-state index in [4.69, 9.17) is 39.6 Å². The fourth-order valence-electron chi connectivity index (χ4n) is 17.7. The Bertz CT molecular complexity index is 4320. The molecule has 8 heterocycles. The van der Waals surface area contributed by atoms with E-state index >= 15 is 0 Å². The van der Waals surface area contributed by atoms with Gasteiger partial charge in [0.2, 0.25) is 0 Å². The third-order valence-electron chi connectivity index (χ3n) is 25.1. The van der Waals surface area contributed by atoms with Crippen LogP contribution in [0.3, 0.4) is 0 Å². The summed E-state index contributed by atoms with van der Waals surface area (Å²) in [4.78, 5) is 66.0. The Hall–Kier alpha value is -7.56. The van der Waals surface area contributed by atoms with Crippen molar-refractivity contribution in [1.82, 2.24) is 39.9 Å². The van der Waals surface area contributed by atoms with Crippen LogP contribution in [0.5, 0.6) is 0 Å². The first kappa shape index (κ1) is 87.3. The van der Waals surface area contributed by atoms with E-state index in [0.29, 0.717) is 12.9 Å². The molecule has 2 amide bonds. The Morgan fingerprint density at radius 3 is 1.17 bits per heavy atom. The van der Waals surface area contributed by atoms with Gasteiger partial charge in [-0.15, -0.1) is 0 Å². The summed E-state index contributed by atoms with van der Waals surface area (Å²) in [6.07, 6.45) is 7.24. The maximum absolute atomic E-state index is 13.0. The molecule has 5 aliphatic heterocycles. The molecule has 0 unspecified atom stereocenters. The van der Waals surface area contributed by atoms with E-state index in [1.54, 1.807) is 39.5 Å². The van der Waals surface area contributed by atoms with Gasteiger partial charge in [-0.1, -0.05) is 138 Å². The number of nitrogens with zero attached hydrogens (tertiary/aromatic N) is 10. The number of ether oxygens (including phenoxy) is 4. The molecule has 20 nitrogen and oxygen atoms in total. The molecule has 622 valence electrons. The minimum Gasteiger partial charge on any atom is -0.444 e. The Morgan fingerprint density at radius 2 is 0.807 bits per heavy atom. The Kier molecular flexibility index (Phi) is 26.2. The zero-order valence-electron chi connectivity index (χ0n) is 73.3. The molecular weight excluding hydrogens is 1430 g/mol. The van der Waals surface area contributed by atoms with E-state index in [1.165, 1.54) is 93.5 Å². The Labute approximate surface area is 683 Å². The molecule has 0 saturated carbocycles. The van der Waals surface area contributed by atoms with Crippen LogP contribution in [0.25, 0.3) is 33.8 Å². The number of hydrogen-bond acceptors (Lipinski definition) is 18. The molecule has 114 heavy (non-hydrogen) atoms. The van der Waals surface area contributed by atoms with Crippen LogP contribution in [0.4, 0.5) is 27.0 Å². The summed E-state index contributed by atoms with van der Waals surface area (Å²) in [7, 11) is 0. The highest BCUT2D eigenvalue weighted by atomic mass is 16.6. The van der Waals surface area contributed by atoms with Crippen molar-refractivity contribution in [3.8, 4) is 33.8 Å². The predicted octanol–water partition coefficient (Wildman–Crippen LogP) is 16.2. The first-order chi connectivity index (χ1) is 53.3. The number of amides is 2. The molecule has 3 aliphatic carbocycles. The molecule has 3 aromatic heterocycles. The maximum Gasteiger partial charge on any atom is 0.413 e. The van der Waals surface area contributed by atoms with E-state index in [9.17, 15) is 19.5 Å². The summed E-state index contributed by atoms with van der Waals surface area (Å²) < 4.78 is 22.4. The van der Waals surface area contributed by atoms with Gasteiger partial charge >= 0.3 is 12.2 Å². The number of carbonyl (C=O) groups excluding carboxylic acids is 3. The number of aromatic nitrogens is 3. The van der Waals surface area contributed by atoms with Gasteiger partial charge in [0.05, 0.1) is 42.9 Å². The molecule has 0 spiro atoms. The van der Waals surface area contributed by atoms with Gasteiger partial charge in [0.15, 0.2) is 0 Å². The highest BCUT2D eigenvalue weighted by Gasteiger charge is 2.48. The number of rotatable bonds is 12. The topological polar surface area (TPSA) is 208 Å². The summed E-state index contributed by atoms with van der Waals surface area (Å²) in [5, 5.41) is 12.6. The normalized spacial score (nSPS) is 22.7. The fourth-order valence-corrected chi connectivity index (χ4v) is 17.7. The van der Waals surface area contributed by atoms with Crippen LogP contribution in [0.15, 0.2) is 109 Å². The number of hydrogen-bond donors (Lipinski definition) is 3. The molecule has 3 aromatic carbocycles. The minimum absolute atomic E-state index is 0.0360. The van der Waals surface area contributed by atoms with Gasteiger partial charge in [-0.2, -0.15) is 0 Å². The first-order valence-electron chi connectivity index (χ1n) is 42.2. The number of piperazine rings is 3. The average molecular weight is 1560 g/mol. The number of carbonyl (C=O) groups is 3. The molecule has 0 bridgehead atoms. The molecular formula is C94H138N12O8. The number of aliphatic hydroxyl groups excluding tert-OH is 1. The quantitative estimate of drug-likeness (QED) is 0.0974. The number of pyridine rings is 3. The van der Waals surface area contributed by atoms with Crippen LogP contribution in [-0.4, -0.2) is 210 Å². The molecule has 20 heteroatoms. The lowest BCUT2D eigenvalue weighted by Gasteiger charge is -2.42. The molecule has 4 N–H and O–H groups in total. The zero-order chi connectivity index (χ0) is 82.9. The summed E-state index contributed by atoms with van der Waals surface area (Å²) in [6.45, 7) is 60.7. The summed E-state index contributed by atoms with van der Waals surface area (Å²) in [5.41, 5.74) is 20.3. The fraction of sp³-hybridized carbons (Fsp3) is 0.617. The van der Waals surface area contributed by atoms with Crippen molar-refractivity contribution in [2.45, 2.75) is 264 Å². The van der Waals surface area contributed by atoms with Crippen LogP contribution >= 0.6 is 0 Å². The van der Waals surface area contributed by atoms with Gasteiger partial charge in [0.1, 0.15) is 52.4 Å². The van der Waals surface area contributed by atoms with Gasteiger partial charge in [-0.3, -0.25) is 19.6 Å². The zero-order valence-corrected chi connectivity index (χ0v) is 73.3. The van der Waals surface area contributed by atoms with E-state index in [-0.39, 0.29) is 63.9 Å². The molecule has 0 radical (unpaired) electrons. The number of nitrogens with two attached hydrogens (primary N) is 1. The van der Waals surface area contributed by atoms with Crippen molar-refractivity contribution in [1.29, 1.82) is 0 Å². The summed E-state index contributed by atoms with van der Waals surface area (Å²) >= 11 is 0. The third kappa shape index (κ3) is 20.7. The molecule has 14 rings (SSSR count). The van der Waals surface area contributed by atoms with Crippen LogP contribution in [0, 0.1) is 0 Å². The van der Waals surface area contributed by atoms with Gasteiger partial charge in [0.25, 0.3) is 0 Å². The van der Waals surface area contributed by atoms with Crippen molar-refractivity contribution in [2.24, 2.45) is 5.73 Å². The van der Waals surface area contributed by atoms with Crippen LogP contribution in [-0.2, 0) is 56.2 Å². The molecule has 6 aromatic rings. The first-order valence-corrected chi connectivity index (χ1v) is 42.2. The highest BCUT2D eigenvalue weighted by Crippen LogP contribution is 2.50. The number of fused-ring (bicyclic) bond motifs is 3. The third-order valence-corrected chi connectivity index (χ3v) is 25.1. The lowest BCUT2D eigenvalue weighted by molar-refractivity contribution is -0.113. The van der Waals surface area contributed by atoms with Gasteiger partial charge < -0.3 is 54.6 Å². The van der Waals surface area contributed by atoms with Crippen LogP contribution < -0.4 is 25.8 Å². The van der Waals surface area contributed by atoms with Crippen molar-refractivity contribution in [3.05, 3.63) is 143 Å². The molecule has 5 fully saturated rings. The Balaban J connectivity index is 0.000000157. The van der Waals surface area contributed by atoms with Crippen molar-refractivity contribution < 1.29 is 38.4 Å².